The van der Waals surface area contributed by atoms with Crippen LogP contribution >= 0.6 is 11.3 Å². The van der Waals surface area contributed by atoms with E-state index in [4.69, 9.17) is 0 Å². The molecule has 8 nitrogen and oxygen atoms in total. The maximum Gasteiger partial charge on any atom is 0.269 e. The van der Waals surface area contributed by atoms with Crippen molar-refractivity contribution in [3.63, 3.8) is 0 Å². The SMILES string of the molecule is CC(=O)Nc1nnc(S(=O)(=O)NCCC2=CCNCC2)s1. The van der Waals surface area contributed by atoms with Gasteiger partial charge in [-0.15, -0.1) is 10.2 Å². The summed E-state index contributed by atoms with van der Waals surface area (Å²) in [7, 11) is -3.68. The first kappa shape index (κ1) is 16.0. The largest absolute Gasteiger partial charge is 0.313 e. The van der Waals surface area contributed by atoms with E-state index in [0.717, 1.165) is 30.8 Å². The van der Waals surface area contributed by atoms with Gasteiger partial charge in [0.1, 0.15) is 0 Å². The standard InChI is InChI=1S/C11H17N5O3S2/c1-8(17)14-10-15-16-11(20-10)21(18,19)13-7-4-9-2-5-12-6-3-9/h2,12-13H,3-7H2,1H3,(H,14,15,17). The fourth-order valence-electron chi connectivity index (χ4n) is 1.82. The number of nitrogens with one attached hydrogen (secondary N) is 3. The van der Waals surface area contributed by atoms with Gasteiger partial charge in [0, 0.05) is 20.0 Å². The van der Waals surface area contributed by atoms with Gasteiger partial charge in [0.15, 0.2) is 0 Å². The van der Waals surface area contributed by atoms with Crippen LogP contribution < -0.4 is 15.4 Å². The minimum Gasteiger partial charge on any atom is -0.313 e. The third-order valence-corrected chi connectivity index (χ3v) is 5.48. The molecule has 1 amide bonds. The van der Waals surface area contributed by atoms with Crippen molar-refractivity contribution in [1.82, 2.24) is 20.2 Å². The minimum absolute atomic E-state index is 0.148. The highest BCUT2D eigenvalue weighted by molar-refractivity contribution is 7.91. The molecule has 0 radical (unpaired) electrons. The topological polar surface area (TPSA) is 113 Å². The van der Waals surface area contributed by atoms with Crippen molar-refractivity contribution in [3.05, 3.63) is 11.6 Å². The summed E-state index contributed by atoms with van der Waals surface area (Å²) in [4.78, 5) is 10.9. The highest BCUT2D eigenvalue weighted by atomic mass is 32.2. The average Bonchev–Trinajstić information content (AvgIpc) is 2.88. The first-order valence-electron chi connectivity index (χ1n) is 6.47. The molecule has 1 aliphatic rings. The monoisotopic (exact) mass is 331 g/mol. The number of carbonyl (C=O) groups excluding carboxylic acids is 1. The van der Waals surface area contributed by atoms with Crippen LogP contribution in [0.5, 0.6) is 0 Å². The molecule has 3 N–H and O–H groups in total. The van der Waals surface area contributed by atoms with E-state index in [1.807, 2.05) is 0 Å². The van der Waals surface area contributed by atoms with Crippen molar-refractivity contribution in [3.8, 4) is 0 Å². The van der Waals surface area contributed by atoms with Crippen molar-refractivity contribution < 1.29 is 13.2 Å². The second kappa shape index (κ2) is 7.07. The predicted octanol–water partition coefficient (Wildman–Crippen LogP) is 0.0846. The Bertz CT molecular complexity index is 638. The van der Waals surface area contributed by atoms with E-state index in [1.54, 1.807) is 0 Å². The van der Waals surface area contributed by atoms with E-state index in [2.05, 4.69) is 31.6 Å². The van der Waals surface area contributed by atoms with Crippen LogP contribution in [0.2, 0.25) is 0 Å². The Morgan fingerprint density at radius 1 is 1.48 bits per heavy atom. The summed E-state index contributed by atoms with van der Waals surface area (Å²) < 4.78 is 26.4. The summed E-state index contributed by atoms with van der Waals surface area (Å²) in [6.07, 6.45) is 3.70. The van der Waals surface area contributed by atoms with Crippen LogP contribution in [-0.4, -0.2) is 44.2 Å². The van der Waals surface area contributed by atoms with Gasteiger partial charge in [-0.2, -0.15) is 0 Å². The van der Waals surface area contributed by atoms with Crippen molar-refractivity contribution >= 4 is 32.4 Å². The fourth-order valence-corrected chi connectivity index (χ4v) is 3.84. The number of rotatable bonds is 6. The highest BCUT2D eigenvalue weighted by Crippen LogP contribution is 2.19. The maximum absolute atomic E-state index is 12.0. The van der Waals surface area contributed by atoms with Gasteiger partial charge in [0.05, 0.1) is 0 Å². The van der Waals surface area contributed by atoms with Gasteiger partial charge in [-0.05, 0) is 19.4 Å². The normalized spacial score (nSPS) is 15.6. The Morgan fingerprint density at radius 2 is 2.29 bits per heavy atom. The van der Waals surface area contributed by atoms with Crippen molar-refractivity contribution in [2.45, 2.75) is 24.1 Å². The Hall–Kier alpha value is -1.36. The van der Waals surface area contributed by atoms with E-state index in [0.29, 0.717) is 13.0 Å². The quantitative estimate of drug-likeness (QED) is 0.503. The molecule has 1 aromatic rings. The zero-order valence-corrected chi connectivity index (χ0v) is 13.2. The molecule has 21 heavy (non-hydrogen) atoms. The average molecular weight is 331 g/mol. The van der Waals surface area contributed by atoms with E-state index in [-0.39, 0.29) is 15.4 Å². The van der Waals surface area contributed by atoms with Crippen LogP contribution in [0.1, 0.15) is 19.8 Å². The molecule has 0 bridgehead atoms. The molecule has 0 saturated heterocycles. The first-order valence-corrected chi connectivity index (χ1v) is 8.77. The van der Waals surface area contributed by atoms with E-state index in [1.165, 1.54) is 12.5 Å². The summed E-state index contributed by atoms with van der Waals surface area (Å²) in [5, 5.41) is 13.0. The number of hydrogen-bond acceptors (Lipinski definition) is 7. The van der Waals surface area contributed by atoms with Gasteiger partial charge < -0.3 is 10.6 Å². The molecule has 2 rings (SSSR count). The molecule has 1 aliphatic heterocycles. The molecule has 2 heterocycles. The lowest BCUT2D eigenvalue weighted by molar-refractivity contribution is -0.114. The van der Waals surface area contributed by atoms with Crippen molar-refractivity contribution in [2.24, 2.45) is 0 Å². The zero-order chi connectivity index (χ0) is 15.3. The Labute approximate surface area is 127 Å². The summed E-state index contributed by atoms with van der Waals surface area (Å²) >= 11 is 0.825. The number of hydrogen-bond donors (Lipinski definition) is 3. The van der Waals surface area contributed by atoms with Gasteiger partial charge >= 0.3 is 0 Å². The summed E-state index contributed by atoms with van der Waals surface area (Å²) in [5.74, 6) is -0.319. The maximum atomic E-state index is 12.0. The third kappa shape index (κ3) is 4.84. The lowest BCUT2D eigenvalue weighted by Gasteiger charge is -2.13. The molecular weight excluding hydrogens is 314 g/mol. The Morgan fingerprint density at radius 3 is 2.95 bits per heavy atom. The molecule has 10 heteroatoms. The second-order valence-corrected chi connectivity index (χ2v) is 7.44. The van der Waals surface area contributed by atoms with Crippen molar-refractivity contribution in [2.75, 3.05) is 25.0 Å². The Balaban J connectivity index is 1.90. The van der Waals surface area contributed by atoms with Crippen LogP contribution in [0.3, 0.4) is 0 Å². The van der Waals surface area contributed by atoms with Crippen LogP contribution in [-0.2, 0) is 14.8 Å². The number of amides is 1. The number of nitrogens with zero attached hydrogens (tertiary/aromatic N) is 2. The van der Waals surface area contributed by atoms with Crippen LogP contribution in [0.25, 0.3) is 0 Å². The fraction of sp³-hybridized carbons (Fsp3) is 0.545. The van der Waals surface area contributed by atoms with E-state index >= 15 is 0 Å². The smallest absolute Gasteiger partial charge is 0.269 e. The van der Waals surface area contributed by atoms with Gasteiger partial charge in [-0.3, -0.25) is 4.79 Å². The Kier molecular flexibility index (Phi) is 5.39. The lowest BCUT2D eigenvalue weighted by Crippen LogP contribution is -2.26. The van der Waals surface area contributed by atoms with E-state index in [9.17, 15) is 13.2 Å². The molecule has 0 saturated carbocycles. The predicted molar refractivity (Wildman–Crippen MR) is 79.6 cm³/mol. The molecule has 1 aromatic heterocycles. The second-order valence-electron chi connectivity index (χ2n) is 4.52. The highest BCUT2D eigenvalue weighted by Gasteiger charge is 2.20. The van der Waals surface area contributed by atoms with Gasteiger partial charge in [0.2, 0.25) is 15.4 Å². The van der Waals surface area contributed by atoms with E-state index < -0.39 is 10.0 Å². The van der Waals surface area contributed by atoms with Gasteiger partial charge in [0.25, 0.3) is 10.0 Å². The number of carbonyl (C=O) groups is 1. The third-order valence-electron chi connectivity index (χ3n) is 2.82. The summed E-state index contributed by atoms with van der Waals surface area (Å²) in [6, 6.07) is 0. The van der Waals surface area contributed by atoms with Crippen molar-refractivity contribution in [1.29, 1.82) is 0 Å². The number of aromatic nitrogens is 2. The molecule has 0 atom stereocenters. The first-order chi connectivity index (χ1) is 9.97. The molecule has 0 fully saturated rings. The molecule has 0 aromatic carbocycles. The zero-order valence-electron chi connectivity index (χ0n) is 11.5. The minimum atomic E-state index is -3.68. The summed E-state index contributed by atoms with van der Waals surface area (Å²) in [6.45, 7) is 3.40. The molecular formula is C11H17N5O3S2. The molecule has 0 aliphatic carbocycles. The van der Waals surface area contributed by atoms with Crippen LogP contribution in [0.4, 0.5) is 5.13 Å². The molecule has 0 unspecified atom stereocenters. The van der Waals surface area contributed by atoms with Crippen LogP contribution in [0.15, 0.2) is 16.0 Å². The molecule has 0 spiro atoms. The number of sulfonamides is 1. The number of anilines is 1. The van der Waals surface area contributed by atoms with Gasteiger partial charge in [-0.1, -0.05) is 23.0 Å². The van der Waals surface area contributed by atoms with Gasteiger partial charge in [-0.25, -0.2) is 13.1 Å². The van der Waals surface area contributed by atoms with Crippen LogP contribution in [0, 0.1) is 0 Å². The summed E-state index contributed by atoms with van der Waals surface area (Å²) in [5.41, 5.74) is 1.24. The lowest BCUT2D eigenvalue weighted by atomic mass is 10.1. The molecule has 116 valence electrons.